The second-order valence-electron chi connectivity index (χ2n) is 10.6. The molecule has 0 amide bonds. The quantitative estimate of drug-likeness (QED) is 0.423. The Balaban J connectivity index is 1.67. The molecule has 3 aromatic rings. The molecule has 2 N–H and O–H groups in total. The van der Waals surface area contributed by atoms with Gasteiger partial charge in [0.25, 0.3) is 0 Å². The first kappa shape index (κ1) is 24.0. The molecule has 4 heteroatoms. The lowest BCUT2D eigenvalue weighted by Gasteiger charge is -2.42. The number of rotatable bonds is 7. The molecule has 1 aliphatic carbocycles. The molecule has 0 bridgehead atoms. The van der Waals surface area contributed by atoms with Crippen LogP contribution in [0.5, 0.6) is 5.75 Å². The highest BCUT2D eigenvalue weighted by Crippen LogP contribution is 2.46. The fourth-order valence-electron chi connectivity index (χ4n) is 4.98. The average molecular weight is 459 g/mol. The predicted molar refractivity (Wildman–Crippen MR) is 136 cm³/mol. The van der Waals surface area contributed by atoms with E-state index >= 15 is 0 Å². The lowest BCUT2D eigenvalue weighted by Crippen LogP contribution is -2.33. The Morgan fingerprint density at radius 2 is 1.53 bits per heavy atom. The SMILES string of the molecule is CC1(C)CCC(C)(C)c2cc(COc3cccc(C(=O)O)c3-c3ccc(CCO)cc3)ccc21. The molecule has 178 valence electrons. The van der Waals surface area contributed by atoms with Gasteiger partial charge in [0.1, 0.15) is 12.4 Å². The summed E-state index contributed by atoms with van der Waals surface area (Å²) in [5.41, 5.74) is 6.71. The number of aromatic carboxylic acids is 1. The van der Waals surface area contributed by atoms with Crippen molar-refractivity contribution < 1.29 is 19.7 Å². The van der Waals surface area contributed by atoms with Crippen LogP contribution in [-0.4, -0.2) is 22.8 Å². The Morgan fingerprint density at radius 3 is 2.18 bits per heavy atom. The van der Waals surface area contributed by atoms with Gasteiger partial charge >= 0.3 is 5.97 Å². The second kappa shape index (κ2) is 9.27. The van der Waals surface area contributed by atoms with E-state index in [4.69, 9.17) is 4.74 Å². The molecule has 3 aromatic carbocycles. The predicted octanol–water partition coefficient (Wildman–Crippen LogP) is 6.51. The molecule has 0 radical (unpaired) electrons. The molecule has 34 heavy (non-hydrogen) atoms. The standard InChI is InChI=1S/C30H34O4/c1-29(2)15-16-30(3,4)25-18-21(10-13-24(25)29)19-34-26-7-5-6-23(28(32)33)27(26)22-11-8-20(9-12-22)14-17-31/h5-13,18,31H,14-17,19H2,1-4H3,(H,32,33). The summed E-state index contributed by atoms with van der Waals surface area (Å²) >= 11 is 0. The van der Waals surface area contributed by atoms with Gasteiger partial charge in [0.2, 0.25) is 0 Å². The number of fused-ring (bicyclic) bond motifs is 1. The highest BCUT2D eigenvalue weighted by molar-refractivity contribution is 5.98. The Labute approximate surface area is 202 Å². The third-order valence-electron chi connectivity index (χ3n) is 7.21. The molecule has 4 nitrogen and oxygen atoms in total. The van der Waals surface area contributed by atoms with E-state index in [2.05, 4.69) is 45.9 Å². The van der Waals surface area contributed by atoms with Crippen LogP contribution in [0.1, 0.15) is 73.1 Å². The third kappa shape index (κ3) is 4.74. The van der Waals surface area contributed by atoms with Crippen molar-refractivity contribution in [2.24, 2.45) is 0 Å². The number of carboxylic acids is 1. The van der Waals surface area contributed by atoms with Crippen molar-refractivity contribution in [2.75, 3.05) is 6.61 Å². The third-order valence-corrected chi connectivity index (χ3v) is 7.21. The van der Waals surface area contributed by atoms with Crippen molar-refractivity contribution in [1.29, 1.82) is 0 Å². The fourth-order valence-corrected chi connectivity index (χ4v) is 4.98. The van der Waals surface area contributed by atoms with Crippen LogP contribution in [0, 0.1) is 0 Å². The number of hydrogen-bond donors (Lipinski definition) is 2. The number of aliphatic hydroxyl groups is 1. The van der Waals surface area contributed by atoms with Gasteiger partial charge in [-0.2, -0.15) is 0 Å². The maximum Gasteiger partial charge on any atom is 0.336 e. The van der Waals surface area contributed by atoms with Crippen LogP contribution in [0.3, 0.4) is 0 Å². The topological polar surface area (TPSA) is 66.8 Å². The highest BCUT2D eigenvalue weighted by atomic mass is 16.5. The first-order valence-electron chi connectivity index (χ1n) is 12.0. The molecule has 1 aliphatic rings. The Hall–Kier alpha value is -3.11. The first-order chi connectivity index (χ1) is 16.1. The van der Waals surface area contributed by atoms with E-state index in [1.54, 1.807) is 12.1 Å². The maximum atomic E-state index is 12.0. The number of carbonyl (C=O) groups is 1. The zero-order valence-electron chi connectivity index (χ0n) is 20.5. The van der Waals surface area contributed by atoms with Crippen LogP contribution in [-0.2, 0) is 23.9 Å². The maximum absolute atomic E-state index is 12.0. The minimum Gasteiger partial charge on any atom is -0.488 e. The molecular formula is C30H34O4. The smallest absolute Gasteiger partial charge is 0.336 e. The van der Waals surface area contributed by atoms with E-state index in [0.29, 0.717) is 24.3 Å². The van der Waals surface area contributed by atoms with Crippen molar-refractivity contribution in [3.63, 3.8) is 0 Å². The van der Waals surface area contributed by atoms with E-state index in [1.165, 1.54) is 17.5 Å². The Bertz CT molecular complexity index is 1190. The normalized spacial score (nSPS) is 16.0. The van der Waals surface area contributed by atoms with Crippen molar-refractivity contribution >= 4 is 5.97 Å². The Morgan fingerprint density at radius 1 is 0.882 bits per heavy atom. The zero-order chi connectivity index (χ0) is 24.5. The minimum absolute atomic E-state index is 0.0776. The summed E-state index contributed by atoms with van der Waals surface area (Å²) in [6.07, 6.45) is 2.88. The summed E-state index contributed by atoms with van der Waals surface area (Å²) in [6, 6.07) is 19.4. The number of ether oxygens (including phenoxy) is 1. The van der Waals surface area contributed by atoms with E-state index in [-0.39, 0.29) is 23.0 Å². The van der Waals surface area contributed by atoms with E-state index in [9.17, 15) is 15.0 Å². The van der Waals surface area contributed by atoms with Crippen LogP contribution in [0.15, 0.2) is 60.7 Å². The van der Waals surface area contributed by atoms with Crippen LogP contribution in [0.4, 0.5) is 0 Å². The van der Waals surface area contributed by atoms with Gasteiger partial charge in [-0.1, -0.05) is 76.2 Å². The lowest BCUT2D eigenvalue weighted by molar-refractivity contribution is 0.0697. The molecule has 0 unspecified atom stereocenters. The summed E-state index contributed by atoms with van der Waals surface area (Å²) in [5, 5.41) is 19.0. The number of benzene rings is 3. The summed E-state index contributed by atoms with van der Waals surface area (Å²) in [6.45, 7) is 9.68. The fraction of sp³-hybridized carbons (Fsp3) is 0.367. The molecule has 0 saturated heterocycles. The molecule has 0 fully saturated rings. The van der Waals surface area contributed by atoms with Crippen molar-refractivity contribution in [2.45, 2.75) is 64.4 Å². The van der Waals surface area contributed by atoms with Crippen LogP contribution < -0.4 is 4.74 Å². The minimum atomic E-state index is -0.988. The van der Waals surface area contributed by atoms with Crippen molar-refractivity contribution in [1.82, 2.24) is 0 Å². The van der Waals surface area contributed by atoms with Gasteiger partial charge in [-0.3, -0.25) is 0 Å². The Kier molecular flexibility index (Phi) is 6.55. The summed E-state index contributed by atoms with van der Waals surface area (Å²) in [4.78, 5) is 12.0. The van der Waals surface area contributed by atoms with Gasteiger partial charge in [0.05, 0.1) is 5.56 Å². The summed E-state index contributed by atoms with van der Waals surface area (Å²) in [5.74, 6) is -0.440. The molecule has 0 atom stereocenters. The monoisotopic (exact) mass is 458 g/mol. The van der Waals surface area contributed by atoms with E-state index < -0.39 is 5.97 Å². The number of hydrogen-bond acceptors (Lipinski definition) is 3. The van der Waals surface area contributed by atoms with Crippen LogP contribution in [0.25, 0.3) is 11.1 Å². The second-order valence-corrected chi connectivity index (χ2v) is 10.6. The van der Waals surface area contributed by atoms with Gasteiger partial charge in [-0.05, 0) is 70.0 Å². The van der Waals surface area contributed by atoms with E-state index in [1.807, 2.05) is 30.3 Å². The largest absolute Gasteiger partial charge is 0.488 e. The van der Waals surface area contributed by atoms with Gasteiger partial charge in [0, 0.05) is 12.2 Å². The molecular weight excluding hydrogens is 424 g/mol. The summed E-state index contributed by atoms with van der Waals surface area (Å²) < 4.78 is 6.25. The summed E-state index contributed by atoms with van der Waals surface area (Å²) in [7, 11) is 0. The van der Waals surface area contributed by atoms with Crippen LogP contribution >= 0.6 is 0 Å². The molecule has 0 spiro atoms. The highest BCUT2D eigenvalue weighted by Gasteiger charge is 2.36. The van der Waals surface area contributed by atoms with Gasteiger partial charge in [-0.25, -0.2) is 4.79 Å². The molecule has 0 aliphatic heterocycles. The molecule has 0 heterocycles. The van der Waals surface area contributed by atoms with Crippen LogP contribution in [0.2, 0.25) is 0 Å². The lowest BCUT2D eigenvalue weighted by atomic mass is 9.63. The van der Waals surface area contributed by atoms with Crippen molar-refractivity contribution in [3.8, 4) is 16.9 Å². The van der Waals surface area contributed by atoms with Gasteiger partial charge in [-0.15, -0.1) is 0 Å². The van der Waals surface area contributed by atoms with Crippen molar-refractivity contribution in [3.05, 3.63) is 88.5 Å². The average Bonchev–Trinajstić information content (AvgIpc) is 2.81. The number of aliphatic hydroxyl groups excluding tert-OH is 1. The van der Waals surface area contributed by atoms with Gasteiger partial charge < -0.3 is 14.9 Å². The first-order valence-corrected chi connectivity index (χ1v) is 12.0. The molecule has 4 rings (SSSR count). The van der Waals surface area contributed by atoms with E-state index in [0.717, 1.165) is 23.1 Å². The number of carboxylic acid groups (broad SMARTS) is 1. The van der Waals surface area contributed by atoms with Gasteiger partial charge in [0.15, 0.2) is 0 Å². The molecule has 0 saturated carbocycles. The molecule has 0 aromatic heterocycles. The zero-order valence-corrected chi connectivity index (χ0v) is 20.5.